The Balaban J connectivity index is 1.92. The maximum absolute atomic E-state index is 12.0. The van der Waals surface area contributed by atoms with Crippen molar-refractivity contribution in [3.63, 3.8) is 0 Å². The van der Waals surface area contributed by atoms with E-state index < -0.39 is 0 Å². The number of carbonyl (C=O) groups excluding carboxylic acids is 1. The lowest BCUT2D eigenvalue weighted by Crippen LogP contribution is -2.36. The molecule has 0 saturated heterocycles. The molecule has 1 saturated carbocycles. The highest BCUT2D eigenvalue weighted by atomic mass is 32.1. The third-order valence-electron chi connectivity index (χ3n) is 3.00. The van der Waals surface area contributed by atoms with Crippen LogP contribution in [0.4, 0.5) is 0 Å². The molecule has 2 rings (SSSR count). The normalized spacial score (nSPS) is 16.9. The Hall–Kier alpha value is -0.960. The number of amides is 1. The van der Waals surface area contributed by atoms with Gasteiger partial charge in [-0.25, -0.2) is 0 Å². The van der Waals surface area contributed by atoms with Crippen LogP contribution in [0, 0.1) is 0 Å². The minimum Gasteiger partial charge on any atom is -0.342 e. The molecule has 1 fully saturated rings. The van der Waals surface area contributed by atoms with Crippen LogP contribution >= 0.6 is 12.6 Å². The molecule has 0 radical (unpaired) electrons. The van der Waals surface area contributed by atoms with Crippen LogP contribution in [-0.2, 0) is 11.2 Å². The quantitative estimate of drug-likeness (QED) is 0.793. The largest absolute Gasteiger partial charge is 0.342 e. The number of thiol groups is 1. The Labute approximate surface area is 102 Å². The minimum atomic E-state index is -0.215. The Morgan fingerprint density at radius 3 is 2.62 bits per heavy atom. The van der Waals surface area contributed by atoms with Gasteiger partial charge >= 0.3 is 0 Å². The highest BCUT2D eigenvalue weighted by Gasteiger charge is 2.31. The molecular weight excluding hydrogens is 218 g/mol. The predicted molar refractivity (Wildman–Crippen MR) is 68.7 cm³/mol. The van der Waals surface area contributed by atoms with E-state index in [-0.39, 0.29) is 11.2 Å². The zero-order valence-corrected chi connectivity index (χ0v) is 10.4. The van der Waals surface area contributed by atoms with E-state index in [9.17, 15) is 4.79 Å². The van der Waals surface area contributed by atoms with Gasteiger partial charge in [0.2, 0.25) is 5.91 Å². The van der Waals surface area contributed by atoms with E-state index >= 15 is 0 Å². The van der Waals surface area contributed by atoms with E-state index in [1.807, 2.05) is 42.3 Å². The Morgan fingerprint density at radius 1 is 1.44 bits per heavy atom. The zero-order chi connectivity index (χ0) is 11.5. The first-order valence-electron chi connectivity index (χ1n) is 5.67. The van der Waals surface area contributed by atoms with Crippen molar-refractivity contribution in [1.29, 1.82) is 0 Å². The van der Waals surface area contributed by atoms with Gasteiger partial charge in [0, 0.05) is 13.1 Å². The number of nitrogens with zero attached hydrogens (tertiary/aromatic N) is 1. The van der Waals surface area contributed by atoms with E-state index in [1.54, 1.807) is 0 Å². The molecule has 1 aromatic carbocycles. The molecule has 0 aromatic heterocycles. The molecule has 1 unspecified atom stereocenters. The summed E-state index contributed by atoms with van der Waals surface area (Å²) >= 11 is 4.41. The molecule has 0 heterocycles. The molecule has 0 aliphatic heterocycles. The zero-order valence-electron chi connectivity index (χ0n) is 9.47. The van der Waals surface area contributed by atoms with Crippen molar-refractivity contribution in [2.75, 3.05) is 7.05 Å². The fraction of sp³-hybridized carbons (Fsp3) is 0.462. The van der Waals surface area contributed by atoms with Crippen LogP contribution < -0.4 is 0 Å². The van der Waals surface area contributed by atoms with Gasteiger partial charge in [0.05, 0.1) is 5.25 Å². The van der Waals surface area contributed by atoms with Gasteiger partial charge in [-0.05, 0) is 24.8 Å². The summed E-state index contributed by atoms with van der Waals surface area (Å²) in [5.74, 6) is 0.148. The highest BCUT2D eigenvalue weighted by Crippen LogP contribution is 2.26. The first-order valence-corrected chi connectivity index (χ1v) is 6.19. The van der Waals surface area contributed by atoms with Crippen molar-refractivity contribution in [3.8, 4) is 0 Å². The van der Waals surface area contributed by atoms with Crippen LogP contribution in [0.5, 0.6) is 0 Å². The SMILES string of the molecule is CN(C(=O)C(S)Cc1ccccc1)C1CC1. The van der Waals surface area contributed by atoms with Crippen LogP contribution in [0.15, 0.2) is 30.3 Å². The fourth-order valence-electron chi connectivity index (χ4n) is 1.80. The van der Waals surface area contributed by atoms with E-state index in [0.717, 1.165) is 12.8 Å². The molecule has 1 atom stereocenters. The van der Waals surface area contributed by atoms with E-state index in [0.29, 0.717) is 12.5 Å². The van der Waals surface area contributed by atoms with Crippen LogP contribution in [0.2, 0.25) is 0 Å². The molecule has 0 N–H and O–H groups in total. The molecule has 3 heteroatoms. The van der Waals surface area contributed by atoms with Gasteiger partial charge in [0.1, 0.15) is 0 Å². The summed E-state index contributed by atoms with van der Waals surface area (Å²) in [4.78, 5) is 13.8. The molecule has 2 nitrogen and oxygen atoms in total. The van der Waals surface area contributed by atoms with Gasteiger partial charge in [0.15, 0.2) is 0 Å². The summed E-state index contributed by atoms with van der Waals surface area (Å²) in [6.07, 6.45) is 3.00. The summed E-state index contributed by atoms with van der Waals surface area (Å²) < 4.78 is 0. The van der Waals surface area contributed by atoms with Crippen molar-refractivity contribution < 1.29 is 4.79 Å². The number of benzene rings is 1. The lowest BCUT2D eigenvalue weighted by atomic mass is 10.1. The molecule has 1 aromatic rings. The van der Waals surface area contributed by atoms with Gasteiger partial charge in [-0.3, -0.25) is 4.79 Å². The van der Waals surface area contributed by atoms with Gasteiger partial charge in [-0.2, -0.15) is 12.6 Å². The number of hydrogen-bond donors (Lipinski definition) is 1. The second-order valence-corrected chi connectivity index (χ2v) is 5.01. The lowest BCUT2D eigenvalue weighted by Gasteiger charge is -2.20. The van der Waals surface area contributed by atoms with E-state index in [1.165, 1.54) is 5.56 Å². The summed E-state index contributed by atoms with van der Waals surface area (Å²) in [6, 6.07) is 10.5. The van der Waals surface area contributed by atoms with Crippen LogP contribution in [-0.4, -0.2) is 29.1 Å². The van der Waals surface area contributed by atoms with Gasteiger partial charge in [0.25, 0.3) is 0 Å². The number of hydrogen-bond acceptors (Lipinski definition) is 2. The van der Waals surface area contributed by atoms with E-state index in [2.05, 4.69) is 12.6 Å². The monoisotopic (exact) mass is 235 g/mol. The Kier molecular flexibility index (Phi) is 3.54. The van der Waals surface area contributed by atoms with Crippen molar-refractivity contribution in [2.45, 2.75) is 30.6 Å². The fourth-order valence-corrected chi connectivity index (χ4v) is 2.19. The topological polar surface area (TPSA) is 20.3 Å². The predicted octanol–water partition coefficient (Wildman–Crippen LogP) is 2.15. The Morgan fingerprint density at radius 2 is 2.06 bits per heavy atom. The first-order chi connectivity index (χ1) is 7.68. The summed E-state index contributed by atoms with van der Waals surface area (Å²) in [5.41, 5.74) is 1.17. The standard InChI is InChI=1S/C13H17NOS/c1-14(11-7-8-11)13(15)12(16)9-10-5-3-2-4-6-10/h2-6,11-12,16H,7-9H2,1H3. The average Bonchev–Trinajstić information content (AvgIpc) is 3.12. The van der Waals surface area contributed by atoms with Gasteiger partial charge in [-0.15, -0.1) is 0 Å². The Bertz CT molecular complexity index is 361. The molecule has 86 valence electrons. The maximum Gasteiger partial charge on any atom is 0.235 e. The van der Waals surface area contributed by atoms with Gasteiger partial charge in [-0.1, -0.05) is 30.3 Å². The molecule has 1 aliphatic carbocycles. The summed E-state index contributed by atoms with van der Waals surface area (Å²) in [5, 5.41) is -0.215. The van der Waals surface area contributed by atoms with Crippen LogP contribution in [0.1, 0.15) is 18.4 Å². The molecule has 0 spiro atoms. The minimum absolute atomic E-state index is 0.148. The molecule has 1 aliphatic rings. The van der Waals surface area contributed by atoms with Crippen molar-refractivity contribution in [1.82, 2.24) is 4.90 Å². The first kappa shape index (κ1) is 11.5. The summed E-state index contributed by atoms with van der Waals surface area (Å²) in [7, 11) is 1.88. The lowest BCUT2D eigenvalue weighted by molar-refractivity contribution is -0.129. The van der Waals surface area contributed by atoms with Crippen molar-refractivity contribution in [2.24, 2.45) is 0 Å². The average molecular weight is 235 g/mol. The number of rotatable bonds is 4. The molecular formula is C13H17NOS. The second kappa shape index (κ2) is 4.91. The van der Waals surface area contributed by atoms with Crippen LogP contribution in [0.25, 0.3) is 0 Å². The highest BCUT2D eigenvalue weighted by molar-refractivity contribution is 7.81. The third-order valence-corrected chi connectivity index (χ3v) is 3.40. The molecule has 1 amide bonds. The third kappa shape index (κ3) is 2.79. The van der Waals surface area contributed by atoms with Crippen molar-refractivity contribution >= 4 is 18.5 Å². The van der Waals surface area contributed by atoms with E-state index in [4.69, 9.17) is 0 Å². The van der Waals surface area contributed by atoms with Crippen molar-refractivity contribution in [3.05, 3.63) is 35.9 Å². The van der Waals surface area contributed by atoms with Gasteiger partial charge < -0.3 is 4.90 Å². The molecule has 0 bridgehead atoms. The number of carbonyl (C=O) groups is 1. The maximum atomic E-state index is 12.0. The molecule has 16 heavy (non-hydrogen) atoms. The summed E-state index contributed by atoms with van der Waals surface area (Å²) in [6.45, 7) is 0. The van der Waals surface area contributed by atoms with Crippen LogP contribution in [0.3, 0.4) is 0 Å². The second-order valence-electron chi connectivity index (χ2n) is 4.39. The smallest absolute Gasteiger partial charge is 0.235 e.